The van der Waals surface area contributed by atoms with Crippen LogP contribution in [-0.2, 0) is 0 Å². The highest BCUT2D eigenvalue weighted by molar-refractivity contribution is 5.97. The van der Waals surface area contributed by atoms with Gasteiger partial charge in [-0.1, -0.05) is 30.3 Å². The predicted molar refractivity (Wildman–Crippen MR) is 116 cm³/mol. The number of ether oxygens (including phenoxy) is 1. The number of rotatable bonds is 7. The second kappa shape index (κ2) is 12.0. The molecule has 154 valence electrons. The summed E-state index contributed by atoms with van der Waals surface area (Å²) in [6.07, 6.45) is -0.469. The van der Waals surface area contributed by atoms with Gasteiger partial charge in [0.05, 0.1) is 19.8 Å². The van der Waals surface area contributed by atoms with Crippen molar-refractivity contribution in [3.8, 4) is 5.75 Å². The lowest BCUT2D eigenvalue weighted by atomic mass is 10.1. The summed E-state index contributed by atoms with van der Waals surface area (Å²) in [4.78, 5) is 16.9. The number of aliphatic hydroxyl groups is 1. The van der Waals surface area contributed by atoms with Crippen LogP contribution in [0.1, 0.15) is 22.0 Å². The number of piperazine rings is 1. The van der Waals surface area contributed by atoms with E-state index in [1.807, 2.05) is 54.6 Å². The Morgan fingerprint density at radius 2 is 1.54 bits per heavy atom. The van der Waals surface area contributed by atoms with E-state index >= 15 is 0 Å². The van der Waals surface area contributed by atoms with Crippen molar-refractivity contribution in [2.75, 3.05) is 46.4 Å². The van der Waals surface area contributed by atoms with E-state index in [1.54, 1.807) is 7.11 Å². The molecule has 0 radical (unpaired) electrons. The first-order valence-electron chi connectivity index (χ1n) is 9.00. The van der Waals surface area contributed by atoms with E-state index in [0.717, 1.165) is 37.5 Å². The van der Waals surface area contributed by atoms with Crippen LogP contribution in [0.2, 0.25) is 0 Å². The molecule has 0 spiro atoms. The molecule has 7 heteroatoms. The van der Waals surface area contributed by atoms with E-state index in [-0.39, 0.29) is 30.6 Å². The lowest BCUT2D eigenvalue weighted by molar-refractivity contribution is 0.0663. The summed E-state index contributed by atoms with van der Waals surface area (Å²) in [5, 5.41) is 10.4. The van der Waals surface area contributed by atoms with Crippen LogP contribution in [0, 0.1) is 0 Å². The first-order valence-corrected chi connectivity index (χ1v) is 9.00. The third-order valence-corrected chi connectivity index (χ3v) is 4.86. The molecule has 1 saturated heterocycles. The van der Waals surface area contributed by atoms with Gasteiger partial charge in [-0.05, 0) is 29.8 Å². The molecule has 1 fully saturated rings. The fraction of sp³-hybridized carbons (Fsp3) is 0.381. The van der Waals surface area contributed by atoms with Gasteiger partial charge in [0.2, 0.25) is 0 Å². The van der Waals surface area contributed by atoms with Crippen molar-refractivity contribution < 1.29 is 14.6 Å². The number of hydrogen-bond donors (Lipinski definition) is 1. The molecular formula is C21H28Cl2N2O3. The molecule has 0 bridgehead atoms. The number of carbonyl (C=O) groups is 1. The van der Waals surface area contributed by atoms with E-state index in [4.69, 9.17) is 4.74 Å². The smallest absolute Gasteiger partial charge is 0.176 e. The number of nitrogens with zero attached hydrogens (tertiary/aromatic N) is 2. The summed E-state index contributed by atoms with van der Waals surface area (Å²) in [5.74, 6) is 0.887. The Morgan fingerprint density at radius 1 is 0.964 bits per heavy atom. The molecule has 5 nitrogen and oxygen atoms in total. The summed E-state index contributed by atoms with van der Waals surface area (Å²) in [6.45, 7) is 4.46. The minimum absolute atomic E-state index is 0. The fourth-order valence-electron chi connectivity index (χ4n) is 3.23. The van der Waals surface area contributed by atoms with Crippen LogP contribution in [0.3, 0.4) is 0 Å². The monoisotopic (exact) mass is 426 g/mol. The zero-order valence-electron chi connectivity index (χ0n) is 16.0. The Bertz CT molecular complexity index is 705. The maximum absolute atomic E-state index is 12.4. The Morgan fingerprint density at radius 3 is 2.11 bits per heavy atom. The number of ketones is 1. The van der Waals surface area contributed by atoms with Crippen LogP contribution in [0.5, 0.6) is 5.75 Å². The maximum Gasteiger partial charge on any atom is 0.176 e. The van der Waals surface area contributed by atoms with Crippen molar-refractivity contribution in [3.63, 3.8) is 0 Å². The molecule has 2 aromatic carbocycles. The summed E-state index contributed by atoms with van der Waals surface area (Å²) in [5.41, 5.74) is 1.66. The Balaban J connectivity index is 0.00000196. The van der Waals surface area contributed by atoms with Gasteiger partial charge in [0.1, 0.15) is 5.75 Å². The van der Waals surface area contributed by atoms with E-state index in [1.165, 1.54) is 0 Å². The maximum atomic E-state index is 12.4. The standard InChI is InChI=1S/C21H26N2O3.2ClH/c1-26-19-9-7-18(8-10-19)21(25)16-23-13-11-22(12-14-23)15-20(24)17-5-3-2-4-6-17;;/h2-10,20,24H,11-16H2,1H3;2*1H. The molecule has 1 aliphatic rings. The normalized spacial score (nSPS) is 15.8. The van der Waals surface area contributed by atoms with E-state index in [9.17, 15) is 9.90 Å². The van der Waals surface area contributed by atoms with Gasteiger partial charge in [-0.25, -0.2) is 0 Å². The number of aliphatic hydroxyl groups excluding tert-OH is 1. The minimum Gasteiger partial charge on any atom is -0.497 e. The van der Waals surface area contributed by atoms with Crippen molar-refractivity contribution >= 4 is 30.6 Å². The fourth-order valence-corrected chi connectivity index (χ4v) is 3.23. The molecule has 3 rings (SSSR count). The number of Topliss-reactive ketones (excluding diaryl/α,β-unsaturated/α-hetero) is 1. The largest absolute Gasteiger partial charge is 0.497 e. The number of methoxy groups -OCH3 is 1. The summed E-state index contributed by atoms with van der Waals surface area (Å²) >= 11 is 0. The van der Waals surface area contributed by atoms with Crippen molar-refractivity contribution in [1.82, 2.24) is 9.80 Å². The first kappa shape index (κ1) is 24.4. The molecule has 1 N–H and O–H groups in total. The van der Waals surface area contributed by atoms with Crippen molar-refractivity contribution in [2.45, 2.75) is 6.10 Å². The van der Waals surface area contributed by atoms with Crippen LogP contribution in [0.15, 0.2) is 54.6 Å². The number of carbonyl (C=O) groups excluding carboxylic acids is 1. The van der Waals surface area contributed by atoms with Gasteiger partial charge in [-0.2, -0.15) is 0 Å². The van der Waals surface area contributed by atoms with Crippen LogP contribution in [-0.4, -0.2) is 67.1 Å². The van der Waals surface area contributed by atoms with Gasteiger partial charge in [-0.3, -0.25) is 14.6 Å². The number of β-amino-alcohol motifs (C(OH)–C–C–N with tert-alkyl or cyclic N) is 1. The molecular weight excluding hydrogens is 399 g/mol. The van der Waals surface area contributed by atoms with Gasteiger partial charge in [0, 0.05) is 38.3 Å². The Labute approximate surface area is 179 Å². The second-order valence-electron chi connectivity index (χ2n) is 6.65. The SMILES string of the molecule is COc1ccc(C(=O)CN2CCN(CC(O)c3ccccc3)CC2)cc1.Cl.Cl. The zero-order valence-corrected chi connectivity index (χ0v) is 17.6. The molecule has 0 amide bonds. The molecule has 1 heterocycles. The van der Waals surface area contributed by atoms with E-state index < -0.39 is 6.10 Å². The Kier molecular flexibility index (Phi) is 10.5. The number of halogens is 2. The first-order chi connectivity index (χ1) is 12.7. The lowest BCUT2D eigenvalue weighted by Gasteiger charge is -2.35. The van der Waals surface area contributed by atoms with Gasteiger partial charge in [-0.15, -0.1) is 24.8 Å². The van der Waals surface area contributed by atoms with Crippen LogP contribution >= 0.6 is 24.8 Å². The third-order valence-electron chi connectivity index (χ3n) is 4.86. The molecule has 2 aromatic rings. The highest BCUT2D eigenvalue weighted by Gasteiger charge is 2.21. The molecule has 1 atom stereocenters. The molecule has 0 aromatic heterocycles. The summed E-state index contributed by atoms with van der Waals surface area (Å²) in [7, 11) is 1.62. The van der Waals surface area contributed by atoms with Crippen LogP contribution in [0.25, 0.3) is 0 Å². The van der Waals surface area contributed by atoms with Crippen molar-refractivity contribution in [2.24, 2.45) is 0 Å². The topological polar surface area (TPSA) is 53.0 Å². The second-order valence-corrected chi connectivity index (χ2v) is 6.65. The summed E-state index contributed by atoms with van der Waals surface area (Å²) in [6, 6.07) is 17.0. The van der Waals surface area contributed by atoms with Gasteiger partial charge >= 0.3 is 0 Å². The van der Waals surface area contributed by atoms with Crippen LogP contribution < -0.4 is 4.74 Å². The molecule has 0 saturated carbocycles. The number of benzene rings is 2. The predicted octanol–water partition coefficient (Wildman–Crippen LogP) is 3.07. The van der Waals surface area contributed by atoms with E-state index in [0.29, 0.717) is 18.7 Å². The quantitative estimate of drug-likeness (QED) is 0.689. The molecule has 28 heavy (non-hydrogen) atoms. The molecule has 0 aliphatic carbocycles. The molecule has 1 aliphatic heterocycles. The van der Waals surface area contributed by atoms with Crippen molar-refractivity contribution in [1.29, 1.82) is 0 Å². The van der Waals surface area contributed by atoms with E-state index in [2.05, 4.69) is 9.80 Å². The van der Waals surface area contributed by atoms with Gasteiger partial charge in [0.25, 0.3) is 0 Å². The lowest BCUT2D eigenvalue weighted by Crippen LogP contribution is -2.48. The highest BCUT2D eigenvalue weighted by Crippen LogP contribution is 2.16. The molecule has 1 unspecified atom stereocenters. The Hall–Kier alpha value is -1.63. The van der Waals surface area contributed by atoms with Gasteiger partial charge in [0.15, 0.2) is 5.78 Å². The highest BCUT2D eigenvalue weighted by atomic mass is 35.5. The van der Waals surface area contributed by atoms with Crippen molar-refractivity contribution in [3.05, 3.63) is 65.7 Å². The summed E-state index contributed by atoms with van der Waals surface area (Å²) < 4.78 is 5.13. The third kappa shape index (κ3) is 6.76. The number of hydrogen-bond acceptors (Lipinski definition) is 5. The minimum atomic E-state index is -0.469. The average Bonchev–Trinajstić information content (AvgIpc) is 2.70. The zero-order chi connectivity index (χ0) is 18.4. The average molecular weight is 427 g/mol. The van der Waals surface area contributed by atoms with Crippen LogP contribution in [0.4, 0.5) is 0 Å². The van der Waals surface area contributed by atoms with Gasteiger partial charge < -0.3 is 9.84 Å².